The van der Waals surface area contributed by atoms with Crippen molar-refractivity contribution in [2.45, 2.75) is 38.9 Å². The zero-order chi connectivity index (χ0) is 21.6. The smallest absolute Gasteiger partial charge is 0.113 e. The average molecular weight is 428 g/mol. The Hall–Kier alpha value is -2.98. The van der Waals surface area contributed by atoms with E-state index >= 15 is 0 Å². The van der Waals surface area contributed by atoms with Gasteiger partial charge in [-0.1, -0.05) is 5.92 Å². The number of rotatable bonds is 1. The molecule has 0 unspecified atom stereocenters. The van der Waals surface area contributed by atoms with Gasteiger partial charge < -0.3 is 16.4 Å². The summed E-state index contributed by atoms with van der Waals surface area (Å²) in [4.78, 5) is 10.7. The molecule has 1 aromatic carbocycles. The number of thiophene rings is 1. The summed E-state index contributed by atoms with van der Waals surface area (Å²) in [6, 6.07) is 13.0. The van der Waals surface area contributed by atoms with E-state index in [-0.39, 0.29) is 0 Å². The third kappa shape index (κ3) is 4.00. The second kappa shape index (κ2) is 7.61. The van der Waals surface area contributed by atoms with Crippen LogP contribution in [0.15, 0.2) is 42.6 Å². The van der Waals surface area contributed by atoms with Crippen LogP contribution in [-0.2, 0) is 6.54 Å². The first-order chi connectivity index (χ1) is 14.9. The molecule has 5 rings (SSSR count). The van der Waals surface area contributed by atoms with Crippen LogP contribution in [0.5, 0.6) is 0 Å². The second-order valence-corrected chi connectivity index (χ2v) is 9.80. The molecule has 156 valence electrons. The molecule has 1 aliphatic heterocycles. The van der Waals surface area contributed by atoms with Gasteiger partial charge in [-0.05, 0) is 63.1 Å². The van der Waals surface area contributed by atoms with Crippen LogP contribution in [0.4, 0.5) is 5.69 Å². The van der Waals surface area contributed by atoms with Gasteiger partial charge in [-0.25, -0.2) is 9.97 Å². The van der Waals surface area contributed by atoms with Crippen molar-refractivity contribution in [1.29, 1.82) is 0 Å². The molecule has 0 amide bonds. The van der Waals surface area contributed by atoms with Crippen molar-refractivity contribution in [1.82, 2.24) is 15.3 Å². The standard InChI is InChI=1S/C25H25N5S/c1-15-13-29-24-22(14-28-15)31-21-7-6-20-18(23(21)24)4-5-19(30-20)16-9-11-27-17(12-16)8-10-25(2,3)26/h4-7,9,11-12,15,28-29H,13-14,26H2,1-3H3/t15-/m1/s1. The van der Waals surface area contributed by atoms with Crippen LogP contribution < -0.4 is 16.4 Å². The minimum Gasteiger partial charge on any atom is -0.382 e. The molecule has 4 aromatic rings. The number of aromatic nitrogens is 2. The van der Waals surface area contributed by atoms with E-state index in [1.165, 1.54) is 26.0 Å². The monoisotopic (exact) mass is 427 g/mol. The molecule has 5 nitrogen and oxygen atoms in total. The van der Waals surface area contributed by atoms with Gasteiger partial charge in [0.1, 0.15) is 5.69 Å². The first kappa shape index (κ1) is 20.0. The second-order valence-electron chi connectivity index (χ2n) is 8.67. The van der Waals surface area contributed by atoms with E-state index in [9.17, 15) is 0 Å². The average Bonchev–Trinajstić information content (AvgIpc) is 3.02. The van der Waals surface area contributed by atoms with Gasteiger partial charge in [0.15, 0.2) is 0 Å². The van der Waals surface area contributed by atoms with Crippen LogP contribution in [0, 0.1) is 11.8 Å². The zero-order valence-corrected chi connectivity index (χ0v) is 18.7. The van der Waals surface area contributed by atoms with Crippen molar-refractivity contribution < 1.29 is 0 Å². The molecule has 0 fully saturated rings. The van der Waals surface area contributed by atoms with Crippen molar-refractivity contribution in [2.75, 3.05) is 11.9 Å². The lowest BCUT2D eigenvalue weighted by Gasteiger charge is -2.10. The quantitative estimate of drug-likeness (QED) is 0.390. The Morgan fingerprint density at radius 1 is 1.19 bits per heavy atom. The largest absolute Gasteiger partial charge is 0.382 e. The van der Waals surface area contributed by atoms with E-state index in [4.69, 9.17) is 10.7 Å². The van der Waals surface area contributed by atoms with E-state index in [2.05, 4.69) is 58.6 Å². The molecular weight excluding hydrogens is 402 g/mol. The minimum atomic E-state index is -0.551. The summed E-state index contributed by atoms with van der Waals surface area (Å²) in [7, 11) is 0. The summed E-state index contributed by atoms with van der Waals surface area (Å²) in [6.07, 6.45) is 1.77. The molecular formula is C25H25N5S. The lowest BCUT2D eigenvalue weighted by molar-refractivity contribution is 0.584. The Morgan fingerprint density at radius 2 is 2.06 bits per heavy atom. The van der Waals surface area contributed by atoms with Crippen molar-refractivity contribution in [3.8, 4) is 23.1 Å². The molecule has 0 radical (unpaired) electrons. The van der Waals surface area contributed by atoms with Crippen molar-refractivity contribution >= 4 is 38.0 Å². The Labute approximate surface area is 186 Å². The number of anilines is 1. The molecule has 31 heavy (non-hydrogen) atoms. The van der Waals surface area contributed by atoms with Gasteiger partial charge in [0, 0.05) is 51.2 Å². The summed E-state index contributed by atoms with van der Waals surface area (Å²) in [5.74, 6) is 6.10. The number of pyridine rings is 2. The number of fused-ring (bicyclic) bond motifs is 5. The van der Waals surface area contributed by atoms with E-state index in [0.29, 0.717) is 11.7 Å². The minimum absolute atomic E-state index is 0.447. The highest BCUT2D eigenvalue weighted by Gasteiger charge is 2.19. The molecule has 4 N–H and O–H groups in total. The molecule has 6 heteroatoms. The number of nitrogens with zero attached hydrogens (tertiary/aromatic N) is 2. The number of hydrogen-bond donors (Lipinski definition) is 3. The van der Waals surface area contributed by atoms with E-state index in [0.717, 1.165) is 29.9 Å². The highest BCUT2D eigenvalue weighted by Crippen LogP contribution is 2.41. The Balaban J connectivity index is 1.58. The van der Waals surface area contributed by atoms with Crippen LogP contribution in [-0.4, -0.2) is 28.1 Å². The molecule has 0 spiro atoms. The van der Waals surface area contributed by atoms with Crippen molar-refractivity contribution in [3.63, 3.8) is 0 Å². The third-order valence-corrected chi connectivity index (χ3v) is 6.51. The fourth-order valence-electron chi connectivity index (χ4n) is 3.80. The predicted molar refractivity (Wildman–Crippen MR) is 130 cm³/mol. The molecule has 0 saturated heterocycles. The Bertz CT molecular complexity index is 1350. The highest BCUT2D eigenvalue weighted by atomic mass is 32.1. The molecule has 1 aliphatic rings. The van der Waals surface area contributed by atoms with Gasteiger partial charge in [0.25, 0.3) is 0 Å². The summed E-state index contributed by atoms with van der Waals surface area (Å²) in [5, 5.41) is 9.69. The van der Waals surface area contributed by atoms with Crippen LogP contribution in [0.2, 0.25) is 0 Å². The molecule has 1 atom stereocenters. The maximum Gasteiger partial charge on any atom is 0.113 e. The van der Waals surface area contributed by atoms with Gasteiger partial charge in [-0.2, -0.15) is 0 Å². The molecule has 0 saturated carbocycles. The molecule has 0 bridgehead atoms. The van der Waals surface area contributed by atoms with Crippen LogP contribution >= 0.6 is 11.3 Å². The van der Waals surface area contributed by atoms with E-state index < -0.39 is 5.54 Å². The maximum atomic E-state index is 5.98. The lowest BCUT2D eigenvalue weighted by atomic mass is 10.1. The summed E-state index contributed by atoms with van der Waals surface area (Å²) >= 11 is 1.85. The topological polar surface area (TPSA) is 75.9 Å². The van der Waals surface area contributed by atoms with Gasteiger partial charge >= 0.3 is 0 Å². The van der Waals surface area contributed by atoms with Crippen LogP contribution in [0.3, 0.4) is 0 Å². The van der Waals surface area contributed by atoms with E-state index in [1.807, 2.05) is 37.3 Å². The first-order valence-corrected chi connectivity index (χ1v) is 11.3. The van der Waals surface area contributed by atoms with Crippen LogP contribution in [0.1, 0.15) is 31.3 Å². The predicted octanol–water partition coefficient (Wildman–Crippen LogP) is 4.50. The summed E-state index contributed by atoms with van der Waals surface area (Å²) < 4.78 is 1.29. The SMILES string of the molecule is C[C@@H]1CNc2c(sc3ccc4nc(-c5ccnc(C#CC(C)(C)N)c5)ccc4c23)CN1. The van der Waals surface area contributed by atoms with Gasteiger partial charge in [-0.15, -0.1) is 11.3 Å². The van der Waals surface area contributed by atoms with Gasteiger partial charge in [-0.3, -0.25) is 0 Å². The van der Waals surface area contributed by atoms with Gasteiger partial charge in [0.05, 0.1) is 22.4 Å². The molecule has 0 aliphatic carbocycles. The Morgan fingerprint density at radius 3 is 2.90 bits per heavy atom. The number of hydrogen-bond acceptors (Lipinski definition) is 6. The first-order valence-electron chi connectivity index (χ1n) is 10.5. The van der Waals surface area contributed by atoms with Crippen LogP contribution in [0.25, 0.3) is 32.2 Å². The Kier molecular flexibility index (Phi) is 4.90. The number of nitrogens with two attached hydrogens (primary N) is 1. The molecule has 4 heterocycles. The zero-order valence-electron chi connectivity index (χ0n) is 17.9. The highest BCUT2D eigenvalue weighted by molar-refractivity contribution is 7.20. The normalized spacial score (nSPS) is 16.3. The summed E-state index contributed by atoms with van der Waals surface area (Å²) in [6.45, 7) is 7.79. The number of nitrogens with one attached hydrogen (secondary N) is 2. The summed E-state index contributed by atoms with van der Waals surface area (Å²) in [5.41, 5.74) is 10.3. The van der Waals surface area contributed by atoms with Gasteiger partial charge in [0.2, 0.25) is 0 Å². The third-order valence-electron chi connectivity index (χ3n) is 5.36. The lowest BCUT2D eigenvalue weighted by Crippen LogP contribution is -2.29. The van der Waals surface area contributed by atoms with E-state index in [1.54, 1.807) is 6.20 Å². The fraction of sp³-hybridized carbons (Fsp3) is 0.280. The van der Waals surface area contributed by atoms with Crippen molar-refractivity contribution in [3.05, 3.63) is 53.2 Å². The number of benzene rings is 1. The maximum absolute atomic E-state index is 5.98. The molecule has 3 aromatic heterocycles. The fourth-order valence-corrected chi connectivity index (χ4v) is 4.95. The van der Waals surface area contributed by atoms with Crippen molar-refractivity contribution in [2.24, 2.45) is 5.73 Å².